The van der Waals surface area contributed by atoms with Gasteiger partial charge in [0.2, 0.25) is 0 Å². The lowest BCUT2D eigenvalue weighted by atomic mass is 10.2. The summed E-state index contributed by atoms with van der Waals surface area (Å²) in [5.74, 6) is 0. The fourth-order valence-corrected chi connectivity index (χ4v) is 1.67. The minimum Gasteiger partial charge on any atom is -0.380 e. The summed E-state index contributed by atoms with van der Waals surface area (Å²) in [6, 6.07) is 2.47. The van der Waals surface area contributed by atoms with E-state index in [-0.39, 0.29) is 6.04 Å². The molecule has 74 valence electrons. The van der Waals surface area contributed by atoms with Gasteiger partial charge in [-0.15, -0.1) is 0 Å². The van der Waals surface area contributed by atoms with Gasteiger partial charge in [0.25, 0.3) is 0 Å². The first kappa shape index (κ1) is 10.5. The Morgan fingerprint density at radius 1 is 1.54 bits per heavy atom. The molecular formula is C10H18N2O. The van der Waals surface area contributed by atoms with Gasteiger partial charge in [0, 0.05) is 13.2 Å². The Bertz CT molecular complexity index is 176. The van der Waals surface area contributed by atoms with Crippen molar-refractivity contribution in [3.8, 4) is 6.07 Å². The molecule has 1 saturated heterocycles. The maximum Gasteiger partial charge on any atom is 0.0979 e. The topological polar surface area (TPSA) is 36.3 Å². The third-order valence-corrected chi connectivity index (χ3v) is 2.38. The number of likely N-dealkylation sites (tertiary alicyclic amines) is 1. The van der Waals surface area contributed by atoms with E-state index < -0.39 is 0 Å². The molecule has 13 heavy (non-hydrogen) atoms. The van der Waals surface area contributed by atoms with Gasteiger partial charge in [-0.05, 0) is 25.8 Å². The van der Waals surface area contributed by atoms with Crippen LogP contribution in [0, 0.1) is 11.3 Å². The largest absolute Gasteiger partial charge is 0.380 e. The van der Waals surface area contributed by atoms with E-state index >= 15 is 0 Å². The summed E-state index contributed by atoms with van der Waals surface area (Å²) in [7, 11) is 0. The van der Waals surface area contributed by atoms with Crippen molar-refractivity contribution in [2.24, 2.45) is 0 Å². The Morgan fingerprint density at radius 2 is 2.38 bits per heavy atom. The Kier molecular flexibility index (Phi) is 4.81. The number of ether oxygens (including phenoxy) is 1. The molecule has 0 aliphatic carbocycles. The maximum atomic E-state index is 8.81. The van der Waals surface area contributed by atoms with E-state index in [0.29, 0.717) is 0 Å². The van der Waals surface area contributed by atoms with E-state index in [0.717, 1.165) is 45.6 Å². The van der Waals surface area contributed by atoms with Gasteiger partial charge in [-0.2, -0.15) is 5.26 Å². The molecule has 0 bridgehead atoms. The summed E-state index contributed by atoms with van der Waals surface area (Å²) in [6.07, 6.45) is 3.26. The van der Waals surface area contributed by atoms with E-state index in [9.17, 15) is 0 Å². The number of nitrogens with zero attached hydrogens (tertiary/aromatic N) is 2. The van der Waals surface area contributed by atoms with Crippen LogP contribution >= 0.6 is 0 Å². The van der Waals surface area contributed by atoms with Crippen LogP contribution in [0.2, 0.25) is 0 Å². The number of rotatable bonds is 5. The van der Waals surface area contributed by atoms with E-state index in [1.807, 2.05) is 0 Å². The Balaban J connectivity index is 2.10. The SMILES string of the molecule is CCCOCCN1CCCC1C#N. The van der Waals surface area contributed by atoms with Gasteiger partial charge in [0.1, 0.15) is 0 Å². The third kappa shape index (κ3) is 3.33. The van der Waals surface area contributed by atoms with Crippen molar-refractivity contribution in [1.82, 2.24) is 4.90 Å². The van der Waals surface area contributed by atoms with Crippen LogP contribution < -0.4 is 0 Å². The smallest absolute Gasteiger partial charge is 0.0979 e. The predicted octanol–water partition coefficient (Wildman–Crippen LogP) is 1.40. The van der Waals surface area contributed by atoms with Gasteiger partial charge < -0.3 is 4.74 Å². The second-order valence-electron chi connectivity index (χ2n) is 3.44. The highest BCUT2D eigenvalue weighted by atomic mass is 16.5. The zero-order chi connectivity index (χ0) is 9.52. The highest BCUT2D eigenvalue weighted by Crippen LogP contribution is 2.15. The second-order valence-corrected chi connectivity index (χ2v) is 3.44. The quantitative estimate of drug-likeness (QED) is 0.603. The van der Waals surface area contributed by atoms with Crippen molar-refractivity contribution in [1.29, 1.82) is 5.26 Å². The molecule has 0 amide bonds. The number of hydrogen-bond acceptors (Lipinski definition) is 3. The van der Waals surface area contributed by atoms with Gasteiger partial charge in [-0.25, -0.2) is 0 Å². The normalized spacial score (nSPS) is 23.2. The molecule has 1 aliphatic rings. The molecule has 0 aromatic heterocycles. The minimum atomic E-state index is 0.144. The van der Waals surface area contributed by atoms with Gasteiger partial charge in [-0.3, -0.25) is 4.90 Å². The molecule has 1 heterocycles. The summed E-state index contributed by atoms with van der Waals surface area (Å²) in [5, 5.41) is 8.81. The third-order valence-electron chi connectivity index (χ3n) is 2.38. The van der Waals surface area contributed by atoms with Crippen molar-refractivity contribution in [2.75, 3.05) is 26.3 Å². The summed E-state index contributed by atoms with van der Waals surface area (Å²) >= 11 is 0. The Labute approximate surface area is 80.3 Å². The average molecular weight is 182 g/mol. The molecule has 1 rings (SSSR count). The van der Waals surface area contributed by atoms with Gasteiger partial charge in [0.05, 0.1) is 18.7 Å². The first-order chi connectivity index (χ1) is 6.38. The van der Waals surface area contributed by atoms with Crippen molar-refractivity contribution < 1.29 is 4.74 Å². The van der Waals surface area contributed by atoms with Crippen LogP contribution in [0.25, 0.3) is 0 Å². The van der Waals surface area contributed by atoms with E-state index in [1.165, 1.54) is 0 Å². The minimum absolute atomic E-state index is 0.144. The lowest BCUT2D eigenvalue weighted by Gasteiger charge is -2.18. The average Bonchev–Trinajstić information content (AvgIpc) is 2.60. The fraction of sp³-hybridized carbons (Fsp3) is 0.900. The molecule has 0 aromatic carbocycles. The van der Waals surface area contributed by atoms with Crippen LogP contribution in [0.4, 0.5) is 0 Å². The molecule has 1 atom stereocenters. The standard InChI is InChI=1S/C10H18N2O/c1-2-7-13-8-6-12-5-3-4-10(12)9-11/h10H,2-8H2,1H3. The highest BCUT2D eigenvalue weighted by molar-refractivity contribution is 4.95. The summed E-state index contributed by atoms with van der Waals surface area (Å²) in [5.41, 5.74) is 0. The highest BCUT2D eigenvalue weighted by Gasteiger charge is 2.23. The van der Waals surface area contributed by atoms with E-state index in [2.05, 4.69) is 17.9 Å². The van der Waals surface area contributed by atoms with Crippen molar-refractivity contribution in [3.05, 3.63) is 0 Å². The van der Waals surface area contributed by atoms with Crippen LogP contribution in [0.3, 0.4) is 0 Å². The molecule has 1 aliphatic heterocycles. The maximum absolute atomic E-state index is 8.81. The van der Waals surface area contributed by atoms with Crippen molar-refractivity contribution in [3.63, 3.8) is 0 Å². The van der Waals surface area contributed by atoms with Crippen LogP contribution in [-0.2, 0) is 4.74 Å². The predicted molar refractivity (Wildman–Crippen MR) is 51.3 cm³/mol. The molecule has 0 aromatic rings. The Morgan fingerprint density at radius 3 is 3.08 bits per heavy atom. The summed E-state index contributed by atoms with van der Waals surface area (Å²) < 4.78 is 5.39. The lowest BCUT2D eigenvalue weighted by Crippen LogP contribution is -2.31. The van der Waals surface area contributed by atoms with E-state index in [1.54, 1.807) is 0 Å². The zero-order valence-corrected chi connectivity index (χ0v) is 8.33. The molecule has 1 fully saturated rings. The molecule has 0 radical (unpaired) electrons. The number of hydrogen-bond donors (Lipinski definition) is 0. The van der Waals surface area contributed by atoms with Crippen molar-refractivity contribution in [2.45, 2.75) is 32.2 Å². The zero-order valence-electron chi connectivity index (χ0n) is 8.33. The first-order valence-corrected chi connectivity index (χ1v) is 5.10. The summed E-state index contributed by atoms with van der Waals surface area (Å²) in [4.78, 5) is 2.22. The molecule has 0 spiro atoms. The van der Waals surface area contributed by atoms with Gasteiger partial charge in [0.15, 0.2) is 0 Å². The lowest BCUT2D eigenvalue weighted by molar-refractivity contribution is 0.106. The molecule has 3 nitrogen and oxygen atoms in total. The molecule has 0 saturated carbocycles. The van der Waals surface area contributed by atoms with Crippen LogP contribution in [0.1, 0.15) is 26.2 Å². The second kappa shape index (κ2) is 5.95. The van der Waals surface area contributed by atoms with Crippen LogP contribution in [0.5, 0.6) is 0 Å². The monoisotopic (exact) mass is 182 g/mol. The summed E-state index contributed by atoms with van der Waals surface area (Å²) in [6.45, 7) is 5.69. The van der Waals surface area contributed by atoms with Crippen molar-refractivity contribution >= 4 is 0 Å². The van der Waals surface area contributed by atoms with Gasteiger partial charge >= 0.3 is 0 Å². The molecule has 3 heteroatoms. The fourth-order valence-electron chi connectivity index (χ4n) is 1.67. The first-order valence-electron chi connectivity index (χ1n) is 5.10. The Hall–Kier alpha value is -0.590. The molecule has 0 N–H and O–H groups in total. The van der Waals surface area contributed by atoms with Crippen LogP contribution in [0.15, 0.2) is 0 Å². The molecular weight excluding hydrogens is 164 g/mol. The van der Waals surface area contributed by atoms with Crippen LogP contribution in [-0.4, -0.2) is 37.2 Å². The molecule has 1 unspecified atom stereocenters. The van der Waals surface area contributed by atoms with E-state index in [4.69, 9.17) is 10.00 Å². The number of nitriles is 1. The van der Waals surface area contributed by atoms with Gasteiger partial charge in [-0.1, -0.05) is 6.92 Å².